The molecule has 1 atom stereocenters. The number of rotatable bonds is 3. The SMILES string of the molecule is CC1(C)CC(S(=O)(=O)C(C=O)c2ccc(F)cc2)=NO1. The lowest BCUT2D eigenvalue weighted by atomic mass is 10.1. The van der Waals surface area contributed by atoms with Crippen LogP contribution < -0.4 is 0 Å². The summed E-state index contributed by atoms with van der Waals surface area (Å²) in [5.74, 6) is -0.501. The molecule has 0 fully saturated rings. The summed E-state index contributed by atoms with van der Waals surface area (Å²) >= 11 is 0. The topological polar surface area (TPSA) is 72.8 Å². The van der Waals surface area contributed by atoms with Crippen LogP contribution in [0.15, 0.2) is 29.4 Å². The molecule has 0 aromatic heterocycles. The molecule has 0 N–H and O–H groups in total. The number of carbonyl (C=O) groups excluding carboxylic acids is 1. The van der Waals surface area contributed by atoms with E-state index in [1.165, 1.54) is 12.1 Å². The van der Waals surface area contributed by atoms with Crippen LogP contribution in [0.2, 0.25) is 0 Å². The van der Waals surface area contributed by atoms with Crippen molar-refractivity contribution in [2.75, 3.05) is 0 Å². The normalized spacial score (nSPS) is 19.1. The average molecular weight is 299 g/mol. The van der Waals surface area contributed by atoms with Crippen molar-refractivity contribution in [1.29, 1.82) is 0 Å². The fraction of sp³-hybridized carbons (Fsp3) is 0.385. The molecule has 0 bridgehead atoms. The zero-order chi connectivity index (χ0) is 15.0. The van der Waals surface area contributed by atoms with Crippen molar-refractivity contribution in [3.05, 3.63) is 35.6 Å². The number of benzene rings is 1. The molecule has 0 aliphatic carbocycles. The van der Waals surface area contributed by atoms with Gasteiger partial charge in [0.05, 0.1) is 0 Å². The van der Waals surface area contributed by atoms with Crippen LogP contribution in [0.25, 0.3) is 0 Å². The quantitative estimate of drug-likeness (QED) is 0.800. The van der Waals surface area contributed by atoms with Gasteiger partial charge in [-0.15, -0.1) is 0 Å². The second kappa shape index (κ2) is 4.97. The van der Waals surface area contributed by atoms with E-state index in [9.17, 15) is 17.6 Å². The van der Waals surface area contributed by atoms with E-state index < -0.39 is 26.5 Å². The van der Waals surface area contributed by atoms with Crippen LogP contribution in [0.5, 0.6) is 0 Å². The van der Waals surface area contributed by atoms with Crippen molar-refractivity contribution in [3.8, 4) is 0 Å². The lowest BCUT2D eigenvalue weighted by Crippen LogP contribution is -2.26. The van der Waals surface area contributed by atoms with Crippen LogP contribution in [0.1, 0.15) is 31.1 Å². The van der Waals surface area contributed by atoms with E-state index in [0.717, 1.165) is 12.1 Å². The van der Waals surface area contributed by atoms with Crippen LogP contribution in [0.4, 0.5) is 4.39 Å². The van der Waals surface area contributed by atoms with E-state index in [2.05, 4.69) is 5.16 Å². The maximum Gasteiger partial charge on any atom is 0.208 e. The van der Waals surface area contributed by atoms with Gasteiger partial charge in [-0.05, 0) is 31.5 Å². The van der Waals surface area contributed by atoms with Crippen molar-refractivity contribution in [2.45, 2.75) is 31.1 Å². The van der Waals surface area contributed by atoms with E-state index in [-0.39, 0.29) is 17.0 Å². The highest BCUT2D eigenvalue weighted by Gasteiger charge is 2.40. The molecule has 2 rings (SSSR count). The van der Waals surface area contributed by atoms with Crippen molar-refractivity contribution in [1.82, 2.24) is 0 Å². The summed E-state index contributed by atoms with van der Waals surface area (Å²) in [6.07, 6.45) is 0.414. The maximum absolute atomic E-state index is 12.9. The number of oxime groups is 1. The Hall–Kier alpha value is -1.76. The molecule has 1 aromatic rings. The third-order valence-electron chi connectivity index (χ3n) is 2.96. The van der Waals surface area contributed by atoms with Crippen LogP contribution in [-0.4, -0.2) is 25.3 Å². The van der Waals surface area contributed by atoms with Gasteiger partial charge in [0.2, 0.25) is 9.84 Å². The second-order valence-corrected chi connectivity index (χ2v) is 7.24. The fourth-order valence-electron chi connectivity index (χ4n) is 1.89. The highest BCUT2D eigenvalue weighted by Crippen LogP contribution is 2.30. The van der Waals surface area contributed by atoms with E-state index in [0.29, 0.717) is 6.29 Å². The summed E-state index contributed by atoms with van der Waals surface area (Å²) in [4.78, 5) is 16.2. The number of hydrogen-bond donors (Lipinski definition) is 0. The Labute approximate surface area is 116 Å². The van der Waals surface area contributed by atoms with Crippen LogP contribution in [0.3, 0.4) is 0 Å². The number of carbonyl (C=O) groups is 1. The number of sulfone groups is 1. The van der Waals surface area contributed by atoms with Crippen LogP contribution >= 0.6 is 0 Å². The molecule has 20 heavy (non-hydrogen) atoms. The number of halogens is 1. The monoisotopic (exact) mass is 299 g/mol. The first-order valence-electron chi connectivity index (χ1n) is 5.96. The smallest absolute Gasteiger partial charge is 0.208 e. The van der Waals surface area contributed by atoms with Gasteiger partial charge in [-0.25, -0.2) is 12.8 Å². The van der Waals surface area contributed by atoms with E-state index in [1.54, 1.807) is 13.8 Å². The lowest BCUT2D eigenvalue weighted by Gasteiger charge is -2.14. The lowest BCUT2D eigenvalue weighted by molar-refractivity contribution is -0.107. The third kappa shape index (κ3) is 2.72. The highest BCUT2D eigenvalue weighted by molar-refractivity contribution is 8.07. The second-order valence-electron chi connectivity index (χ2n) is 5.17. The van der Waals surface area contributed by atoms with Crippen LogP contribution in [0, 0.1) is 5.82 Å². The van der Waals surface area contributed by atoms with Gasteiger partial charge in [-0.2, -0.15) is 0 Å². The van der Waals surface area contributed by atoms with Crippen molar-refractivity contribution in [3.63, 3.8) is 0 Å². The van der Waals surface area contributed by atoms with E-state index in [4.69, 9.17) is 4.84 Å². The third-order valence-corrected chi connectivity index (χ3v) is 4.88. The first-order chi connectivity index (χ1) is 9.26. The molecule has 0 radical (unpaired) electrons. The van der Waals surface area contributed by atoms with Gasteiger partial charge in [0, 0.05) is 6.42 Å². The Balaban J connectivity index is 2.36. The molecule has 1 aliphatic rings. The number of hydrogen-bond acceptors (Lipinski definition) is 5. The van der Waals surface area contributed by atoms with Gasteiger partial charge in [0.25, 0.3) is 0 Å². The Morgan fingerprint density at radius 2 is 1.95 bits per heavy atom. The molecule has 108 valence electrons. The minimum Gasteiger partial charge on any atom is -0.389 e. The Bertz CT molecular complexity index is 649. The number of nitrogens with zero attached hydrogens (tertiary/aromatic N) is 1. The minimum absolute atomic E-state index is 0.0981. The highest BCUT2D eigenvalue weighted by atomic mass is 32.2. The first-order valence-corrected chi connectivity index (χ1v) is 7.50. The predicted molar refractivity (Wildman–Crippen MR) is 71.3 cm³/mol. The molecule has 0 saturated carbocycles. The molecule has 7 heteroatoms. The largest absolute Gasteiger partial charge is 0.389 e. The van der Waals surface area contributed by atoms with E-state index >= 15 is 0 Å². The molecule has 1 unspecified atom stereocenters. The predicted octanol–water partition coefficient (Wildman–Crippen LogP) is 1.99. The van der Waals surface area contributed by atoms with Gasteiger partial charge < -0.3 is 9.63 Å². The zero-order valence-electron chi connectivity index (χ0n) is 11.0. The Morgan fingerprint density at radius 1 is 1.35 bits per heavy atom. The van der Waals surface area contributed by atoms with Crippen molar-refractivity contribution < 1.29 is 22.4 Å². The number of aldehydes is 1. The first kappa shape index (κ1) is 14.6. The summed E-state index contributed by atoms with van der Waals surface area (Å²) in [6.45, 7) is 3.40. The van der Waals surface area contributed by atoms with Gasteiger partial charge >= 0.3 is 0 Å². The van der Waals surface area contributed by atoms with Crippen molar-refractivity contribution in [2.24, 2.45) is 5.16 Å². The van der Waals surface area contributed by atoms with E-state index in [1.807, 2.05) is 0 Å². The maximum atomic E-state index is 12.9. The summed E-state index contributed by atoms with van der Waals surface area (Å²) < 4.78 is 37.7. The summed E-state index contributed by atoms with van der Waals surface area (Å²) in [7, 11) is -3.95. The molecule has 1 heterocycles. The Morgan fingerprint density at radius 3 is 2.40 bits per heavy atom. The molecule has 5 nitrogen and oxygen atoms in total. The zero-order valence-corrected chi connectivity index (χ0v) is 11.9. The van der Waals surface area contributed by atoms with Crippen LogP contribution in [-0.2, 0) is 19.5 Å². The van der Waals surface area contributed by atoms with Crippen molar-refractivity contribution >= 4 is 21.2 Å². The van der Waals surface area contributed by atoms with Gasteiger partial charge in [0.15, 0.2) is 5.04 Å². The molecule has 1 aromatic carbocycles. The minimum atomic E-state index is -3.95. The molecule has 1 aliphatic heterocycles. The molecular weight excluding hydrogens is 285 g/mol. The summed E-state index contributed by atoms with van der Waals surface area (Å²) in [6, 6.07) is 4.76. The Kier molecular flexibility index (Phi) is 3.64. The van der Waals surface area contributed by atoms with Gasteiger partial charge in [-0.3, -0.25) is 0 Å². The molecule has 0 spiro atoms. The molecule has 0 amide bonds. The summed E-state index contributed by atoms with van der Waals surface area (Å²) in [5.41, 5.74) is -0.507. The molecular formula is C13H14FNO4S. The average Bonchev–Trinajstić information content (AvgIpc) is 2.73. The van der Waals surface area contributed by atoms with Gasteiger partial charge in [-0.1, -0.05) is 17.3 Å². The molecule has 0 saturated heterocycles. The fourth-order valence-corrected chi connectivity index (χ4v) is 3.53. The van der Waals surface area contributed by atoms with Gasteiger partial charge in [0.1, 0.15) is 23.0 Å². The summed E-state index contributed by atoms with van der Waals surface area (Å²) in [5, 5.41) is 2.00. The standard InChI is InChI=1S/C13H14FNO4S/c1-13(2)7-12(15-19-13)20(17,18)11(8-16)9-3-5-10(14)6-4-9/h3-6,8,11H,7H2,1-2H3.